The molecule has 45 heavy (non-hydrogen) atoms. The molecule has 2 heterocycles. The summed E-state index contributed by atoms with van der Waals surface area (Å²) in [6.07, 6.45) is 1.73. The Morgan fingerprint density at radius 1 is 1.16 bits per heavy atom. The lowest BCUT2D eigenvalue weighted by molar-refractivity contribution is -0.139. The second-order valence-corrected chi connectivity index (χ2v) is 12.3. The molecular weight excluding hydrogens is 663 g/mol. The Hall–Kier alpha value is -4.22. The second kappa shape index (κ2) is 13.8. The van der Waals surface area contributed by atoms with Gasteiger partial charge in [-0.1, -0.05) is 41.7 Å². The highest BCUT2D eigenvalue weighted by molar-refractivity contribution is 9.10. The zero-order valence-electron chi connectivity index (χ0n) is 25.4. The number of rotatable bonds is 10. The van der Waals surface area contributed by atoms with Crippen molar-refractivity contribution in [1.29, 1.82) is 0 Å². The van der Waals surface area contributed by atoms with Gasteiger partial charge in [0, 0.05) is 5.56 Å². The number of esters is 1. The smallest absolute Gasteiger partial charge is 0.338 e. The average Bonchev–Trinajstić information content (AvgIpc) is 3.30. The van der Waals surface area contributed by atoms with E-state index in [1.54, 1.807) is 50.3 Å². The van der Waals surface area contributed by atoms with E-state index in [1.807, 2.05) is 38.1 Å². The maximum Gasteiger partial charge on any atom is 0.338 e. The Labute approximate surface area is 272 Å². The zero-order valence-corrected chi connectivity index (χ0v) is 27.8. The van der Waals surface area contributed by atoms with Crippen LogP contribution in [0.5, 0.6) is 17.2 Å². The van der Waals surface area contributed by atoms with Crippen molar-refractivity contribution >= 4 is 39.3 Å². The van der Waals surface area contributed by atoms with E-state index < -0.39 is 12.0 Å². The molecule has 8 nitrogen and oxygen atoms in total. The topological polar surface area (TPSA) is 88.4 Å². The summed E-state index contributed by atoms with van der Waals surface area (Å²) in [5.41, 5.74) is 2.26. The minimum Gasteiger partial charge on any atom is -0.493 e. The van der Waals surface area contributed by atoms with Crippen LogP contribution >= 0.6 is 27.3 Å². The fourth-order valence-electron chi connectivity index (χ4n) is 4.99. The van der Waals surface area contributed by atoms with Crippen molar-refractivity contribution in [1.82, 2.24) is 4.57 Å². The Balaban J connectivity index is 1.57. The molecule has 0 saturated carbocycles. The van der Waals surface area contributed by atoms with Gasteiger partial charge >= 0.3 is 5.97 Å². The van der Waals surface area contributed by atoms with Crippen molar-refractivity contribution in [2.75, 3.05) is 13.7 Å². The molecule has 0 fully saturated rings. The van der Waals surface area contributed by atoms with Gasteiger partial charge in [-0.2, -0.15) is 0 Å². The monoisotopic (exact) mass is 694 g/mol. The summed E-state index contributed by atoms with van der Waals surface area (Å²) >= 11 is 4.76. The molecule has 1 aliphatic rings. The predicted molar refractivity (Wildman–Crippen MR) is 174 cm³/mol. The molecule has 3 aromatic carbocycles. The molecule has 4 aromatic rings. The molecule has 0 unspecified atom stereocenters. The molecule has 0 spiro atoms. The number of hydrogen-bond donors (Lipinski definition) is 0. The van der Waals surface area contributed by atoms with Gasteiger partial charge < -0.3 is 18.9 Å². The lowest BCUT2D eigenvalue weighted by Gasteiger charge is -2.25. The molecule has 0 radical (unpaired) electrons. The standard InChI is InChI=1S/C34H32BrFN2O6S/c1-6-42-33(40)29-20(4)37-34-38(30(29)22-11-13-24(14-12-22)44-19(2)3)32(39)28(45-34)17-21-15-25(35)31(27(16-21)41-5)43-18-23-9-7-8-10-26(23)36/h7-17,19,30H,6,18H2,1-5H3/b28-17-/t30-/m1/s1. The van der Waals surface area contributed by atoms with Gasteiger partial charge in [-0.3, -0.25) is 9.36 Å². The van der Waals surface area contributed by atoms with Gasteiger partial charge in [-0.25, -0.2) is 14.2 Å². The number of ether oxygens (including phenoxy) is 4. The van der Waals surface area contributed by atoms with Crippen molar-refractivity contribution in [2.24, 2.45) is 4.99 Å². The summed E-state index contributed by atoms with van der Waals surface area (Å²) in [6, 6.07) is 16.5. The molecule has 0 bridgehead atoms. The van der Waals surface area contributed by atoms with Gasteiger partial charge in [0.1, 0.15) is 18.2 Å². The van der Waals surface area contributed by atoms with Crippen LogP contribution in [0.15, 0.2) is 86.2 Å². The van der Waals surface area contributed by atoms with Gasteiger partial charge in [0.05, 0.1) is 46.1 Å². The first-order valence-electron chi connectivity index (χ1n) is 14.3. The third-order valence-corrected chi connectivity index (χ3v) is 8.54. The quantitative estimate of drug-likeness (QED) is 0.187. The van der Waals surface area contributed by atoms with Crippen molar-refractivity contribution in [3.63, 3.8) is 0 Å². The predicted octanol–water partition coefficient (Wildman–Crippen LogP) is 6.07. The van der Waals surface area contributed by atoms with Crippen LogP contribution in [0.4, 0.5) is 4.39 Å². The first-order chi connectivity index (χ1) is 21.6. The molecule has 0 saturated heterocycles. The van der Waals surface area contributed by atoms with E-state index in [2.05, 4.69) is 20.9 Å². The lowest BCUT2D eigenvalue weighted by Crippen LogP contribution is -2.39. The van der Waals surface area contributed by atoms with E-state index in [0.717, 1.165) is 5.56 Å². The summed E-state index contributed by atoms with van der Waals surface area (Å²) in [6.45, 7) is 7.55. The van der Waals surface area contributed by atoms with Gasteiger partial charge in [-0.05, 0) is 91.2 Å². The Morgan fingerprint density at radius 3 is 2.56 bits per heavy atom. The average molecular weight is 696 g/mol. The number of aromatic nitrogens is 1. The number of halogens is 2. The van der Waals surface area contributed by atoms with Gasteiger partial charge in [0.2, 0.25) is 0 Å². The highest BCUT2D eigenvalue weighted by atomic mass is 79.9. The molecule has 0 aliphatic carbocycles. The number of carbonyl (C=O) groups is 1. The summed E-state index contributed by atoms with van der Waals surface area (Å²) in [7, 11) is 1.51. The van der Waals surface area contributed by atoms with Crippen molar-refractivity contribution < 1.29 is 28.1 Å². The van der Waals surface area contributed by atoms with Gasteiger partial charge in [0.25, 0.3) is 5.56 Å². The van der Waals surface area contributed by atoms with Crippen LogP contribution < -0.4 is 29.1 Å². The number of nitrogens with zero attached hydrogens (tertiary/aromatic N) is 2. The fourth-order valence-corrected chi connectivity index (χ4v) is 6.61. The summed E-state index contributed by atoms with van der Waals surface area (Å²) in [4.78, 5) is 32.3. The van der Waals surface area contributed by atoms with Crippen LogP contribution in [0, 0.1) is 5.82 Å². The largest absolute Gasteiger partial charge is 0.493 e. The third-order valence-electron chi connectivity index (χ3n) is 6.96. The number of methoxy groups -OCH3 is 1. The molecule has 234 valence electrons. The third kappa shape index (κ3) is 6.89. The number of carbonyl (C=O) groups excluding carboxylic acids is 1. The molecule has 0 N–H and O–H groups in total. The van der Waals surface area contributed by atoms with E-state index in [4.69, 9.17) is 18.9 Å². The van der Waals surface area contributed by atoms with E-state index in [-0.39, 0.29) is 30.7 Å². The molecule has 11 heteroatoms. The Bertz CT molecular complexity index is 1950. The highest BCUT2D eigenvalue weighted by Crippen LogP contribution is 2.38. The van der Waals surface area contributed by atoms with Crippen LogP contribution in [0.25, 0.3) is 6.08 Å². The maximum absolute atomic E-state index is 14.1. The van der Waals surface area contributed by atoms with Crippen LogP contribution in [-0.4, -0.2) is 30.4 Å². The number of allylic oxidation sites excluding steroid dienone is 1. The number of fused-ring (bicyclic) bond motifs is 1. The highest BCUT2D eigenvalue weighted by Gasteiger charge is 2.33. The number of benzene rings is 3. The first-order valence-corrected chi connectivity index (χ1v) is 15.9. The number of thiazole rings is 1. The minimum absolute atomic E-state index is 0.00287. The SMILES string of the molecule is CCOC(=O)C1=C(C)N=c2s/c(=C\c3cc(Br)c(OCc4ccccc4F)c(OC)c3)c(=O)n2[C@@H]1c1ccc(OC(C)C)cc1. The summed E-state index contributed by atoms with van der Waals surface area (Å²) in [5, 5.41) is 0. The van der Waals surface area contributed by atoms with Crippen molar-refractivity contribution in [2.45, 2.75) is 46.4 Å². The van der Waals surface area contributed by atoms with E-state index in [0.29, 0.717) is 53.5 Å². The summed E-state index contributed by atoms with van der Waals surface area (Å²) < 4.78 is 39.3. The minimum atomic E-state index is -0.744. The fraction of sp³-hybridized carbons (Fsp3) is 0.265. The van der Waals surface area contributed by atoms with E-state index >= 15 is 0 Å². The molecule has 1 aliphatic heterocycles. The van der Waals surface area contributed by atoms with Crippen LogP contribution in [-0.2, 0) is 16.1 Å². The van der Waals surface area contributed by atoms with E-state index in [9.17, 15) is 14.0 Å². The van der Waals surface area contributed by atoms with Crippen LogP contribution in [0.1, 0.15) is 50.4 Å². The zero-order chi connectivity index (χ0) is 32.2. The van der Waals surface area contributed by atoms with Crippen molar-refractivity contribution in [3.05, 3.63) is 119 Å². The van der Waals surface area contributed by atoms with Crippen LogP contribution in [0.3, 0.4) is 0 Å². The number of hydrogen-bond acceptors (Lipinski definition) is 8. The van der Waals surface area contributed by atoms with Crippen molar-refractivity contribution in [3.8, 4) is 17.2 Å². The Kier molecular flexibility index (Phi) is 9.89. The first kappa shape index (κ1) is 32.2. The van der Waals surface area contributed by atoms with Gasteiger partial charge in [-0.15, -0.1) is 0 Å². The normalized spacial score (nSPS) is 14.7. The maximum atomic E-state index is 14.1. The van der Waals surface area contributed by atoms with Gasteiger partial charge in [0.15, 0.2) is 16.3 Å². The molecule has 1 aromatic heterocycles. The molecular formula is C34H32BrFN2O6S. The molecule has 0 amide bonds. The Morgan fingerprint density at radius 2 is 1.89 bits per heavy atom. The molecule has 1 atom stereocenters. The lowest BCUT2D eigenvalue weighted by atomic mass is 9.96. The van der Waals surface area contributed by atoms with E-state index in [1.165, 1.54) is 29.1 Å². The van der Waals surface area contributed by atoms with Crippen LogP contribution in [0.2, 0.25) is 0 Å². The summed E-state index contributed by atoms with van der Waals surface area (Å²) in [5.74, 6) is 0.598. The second-order valence-electron chi connectivity index (χ2n) is 10.5. The molecule has 5 rings (SSSR count).